The normalized spacial score (nSPS) is 22.7. The summed E-state index contributed by atoms with van der Waals surface area (Å²) in [5, 5.41) is 0.895. The van der Waals surface area contributed by atoms with E-state index in [0.717, 1.165) is 44.2 Å². The molecule has 37 heavy (non-hydrogen) atoms. The minimum Gasteiger partial charge on any atom is -0.466 e. The van der Waals surface area contributed by atoms with Crippen molar-refractivity contribution in [2.24, 2.45) is 5.92 Å². The van der Waals surface area contributed by atoms with E-state index in [2.05, 4.69) is 27.8 Å². The van der Waals surface area contributed by atoms with Crippen LogP contribution < -0.4 is 0 Å². The molecule has 2 unspecified atom stereocenters. The molecular weight excluding hydrogens is 639 g/mol. The van der Waals surface area contributed by atoms with Gasteiger partial charge in [-0.3, -0.25) is 13.9 Å². The second-order valence-electron chi connectivity index (χ2n) is 8.50. The number of benzene rings is 1. The number of esters is 1. The average Bonchev–Trinajstić information content (AvgIpc) is 3.08. The van der Waals surface area contributed by atoms with Gasteiger partial charge in [-0.05, 0) is 45.4 Å². The molecule has 2 aliphatic rings. The van der Waals surface area contributed by atoms with Crippen molar-refractivity contribution < 1.29 is 64.3 Å². The summed E-state index contributed by atoms with van der Waals surface area (Å²) in [5.41, 5.74) is 0. The Morgan fingerprint density at radius 3 is 2.35 bits per heavy atom. The molecule has 2 saturated heterocycles. The SMILES string of the molecule is CCOC(=O)C1C(OS(=O)(=O)c2ccccc2)C[C@@H]2CC[C@H]1N2C.[CH2-]CCCOCCOCCBr.[CH3-].[Y]. The van der Waals surface area contributed by atoms with Gasteiger partial charge in [0.15, 0.2) is 0 Å². The van der Waals surface area contributed by atoms with Crippen LogP contribution in [0.5, 0.6) is 0 Å². The Kier molecular flexibility index (Phi) is 20.1. The Morgan fingerprint density at radius 2 is 1.76 bits per heavy atom. The van der Waals surface area contributed by atoms with Gasteiger partial charge in [0.2, 0.25) is 0 Å². The number of hydrogen-bond donors (Lipinski definition) is 0. The molecule has 2 aliphatic heterocycles. The molecule has 1 aromatic carbocycles. The molecule has 1 radical (unpaired) electrons. The number of alkyl halides is 1. The summed E-state index contributed by atoms with van der Waals surface area (Å²) in [6, 6.07) is 8.26. The van der Waals surface area contributed by atoms with E-state index in [9.17, 15) is 13.2 Å². The van der Waals surface area contributed by atoms with Gasteiger partial charge in [0.25, 0.3) is 10.1 Å². The number of carbonyl (C=O) groups excluding carboxylic acids is 1. The monoisotopic (exact) mass is 680 g/mol. The molecule has 0 aliphatic carbocycles. The third-order valence-corrected chi connectivity index (χ3v) is 7.86. The fourth-order valence-corrected chi connectivity index (χ4v) is 5.81. The zero-order chi connectivity index (χ0) is 25.7. The Hall–Kier alpha value is 0.0639. The maximum atomic E-state index is 12.6. The van der Waals surface area contributed by atoms with Crippen LogP contribution in [0, 0.1) is 20.3 Å². The second-order valence-corrected chi connectivity index (χ2v) is 10.9. The second kappa shape index (κ2) is 20.0. The minimum atomic E-state index is -3.90. The topological polar surface area (TPSA) is 91.4 Å². The molecule has 0 aromatic heterocycles. The van der Waals surface area contributed by atoms with Crippen molar-refractivity contribution in [1.82, 2.24) is 4.90 Å². The Bertz CT molecular complexity index is 839. The van der Waals surface area contributed by atoms with Gasteiger partial charge in [-0.2, -0.15) is 14.8 Å². The summed E-state index contributed by atoms with van der Waals surface area (Å²) >= 11 is 3.27. The molecule has 0 N–H and O–H groups in total. The molecule has 0 spiro atoms. The molecule has 211 valence electrons. The van der Waals surface area contributed by atoms with Crippen molar-refractivity contribution in [2.75, 3.05) is 45.4 Å². The zero-order valence-corrected chi connectivity index (χ0v) is 27.6. The largest absolute Gasteiger partial charge is 0.466 e. The number of nitrogens with zero attached hydrogens (tertiary/aromatic N) is 1. The third kappa shape index (κ3) is 12.0. The first-order chi connectivity index (χ1) is 16.9. The molecular formula is C26H42BrNO7SY-2. The fourth-order valence-electron chi connectivity index (χ4n) is 4.45. The van der Waals surface area contributed by atoms with Gasteiger partial charge < -0.3 is 28.6 Å². The van der Waals surface area contributed by atoms with Crippen LogP contribution >= 0.6 is 15.9 Å². The van der Waals surface area contributed by atoms with Gasteiger partial charge >= 0.3 is 5.97 Å². The van der Waals surface area contributed by atoms with E-state index in [4.69, 9.17) is 18.4 Å². The van der Waals surface area contributed by atoms with Crippen molar-refractivity contribution >= 4 is 32.0 Å². The van der Waals surface area contributed by atoms with Crippen molar-refractivity contribution in [3.63, 3.8) is 0 Å². The Balaban J connectivity index is 0.000000858. The van der Waals surface area contributed by atoms with Crippen LogP contribution in [-0.2, 0) is 66.0 Å². The molecule has 11 heteroatoms. The maximum Gasteiger partial charge on any atom is 0.313 e. The van der Waals surface area contributed by atoms with E-state index in [-0.39, 0.29) is 69.7 Å². The maximum absolute atomic E-state index is 12.6. The average molecular weight is 681 g/mol. The van der Waals surface area contributed by atoms with E-state index in [1.54, 1.807) is 25.1 Å². The molecule has 3 rings (SSSR count). The van der Waals surface area contributed by atoms with E-state index >= 15 is 0 Å². The molecule has 8 nitrogen and oxygen atoms in total. The summed E-state index contributed by atoms with van der Waals surface area (Å²) in [6.07, 6.45) is 3.63. The summed E-state index contributed by atoms with van der Waals surface area (Å²) in [5.74, 6) is -0.949. The number of unbranched alkanes of at least 4 members (excludes halogenated alkanes) is 1. The van der Waals surface area contributed by atoms with Gasteiger partial charge in [0, 0.05) is 56.7 Å². The molecule has 1 aromatic rings. The third-order valence-electron chi connectivity index (χ3n) is 6.19. The van der Waals surface area contributed by atoms with Crippen molar-refractivity contribution in [2.45, 2.75) is 62.1 Å². The van der Waals surface area contributed by atoms with E-state index in [1.807, 2.05) is 7.05 Å². The van der Waals surface area contributed by atoms with Crippen LogP contribution in [0.3, 0.4) is 0 Å². The predicted molar refractivity (Wildman–Crippen MR) is 144 cm³/mol. The zero-order valence-electron chi connectivity index (χ0n) is 22.3. The first kappa shape index (κ1) is 37.1. The summed E-state index contributed by atoms with van der Waals surface area (Å²) in [6.45, 7) is 8.70. The van der Waals surface area contributed by atoms with Gasteiger partial charge in [0.1, 0.15) is 0 Å². The van der Waals surface area contributed by atoms with Crippen LogP contribution in [0.15, 0.2) is 35.2 Å². The van der Waals surface area contributed by atoms with Crippen LogP contribution in [0.4, 0.5) is 0 Å². The quantitative estimate of drug-likeness (QED) is 0.100. The number of fused-ring (bicyclic) bond motifs is 2. The van der Waals surface area contributed by atoms with Crippen LogP contribution in [0.1, 0.15) is 39.0 Å². The minimum absolute atomic E-state index is 0. The summed E-state index contributed by atoms with van der Waals surface area (Å²) < 4.78 is 46.2. The molecule has 0 saturated carbocycles. The fraction of sp³-hybridized carbons (Fsp3) is 0.654. The van der Waals surface area contributed by atoms with Crippen LogP contribution in [-0.4, -0.2) is 82.9 Å². The van der Waals surface area contributed by atoms with E-state index < -0.39 is 22.1 Å². The molecule has 2 fully saturated rings. The summed E-state index contributed by atoms with van der Waals surface area (Å²) in [7, 11) is -1.92. The van der Waals surface area contributed by atoms with Gasteiger partial charge in [-0.1, -0.05) is 40.5 Å². The number of hydrogen-bond acceptors (Lipinski definition) is 8. The van der Waals surface area contributed by atoms with E-state index in [1.165, 1.54) is 12.1 Å². The predicted octanol–water partition coefficient (Wildman–Crippen LogP) is 4.28. The number of halogens is 1. The molecule has 0 amide bonds. The van der Waals surface area contributed by atoms with Crippen molar-refractivity contribution in [3.8, 4) is 0 Å². The first-order valence-corrected chi connectivity index (χ1v) is 14.8. The van der Waals surface area contributed by atoms with Gasteiger partial charge in [0.05, 0.1) is 43.3 Å². The Labute approximate surface area is 257 Å². The molecule has 4 atom stereocenters. The first-order valence-electron chi connectivity index (χ1n) is 12.2. The summed E-state index contributed by atoms with van der Waals surface area (Å²) in [4.78, 5) is 14.7. The van der Waals surface area contributed by atoms with E-state index in [0.29, 0.717) is 19.6 Å². The van der Waals surface area contributed by atoms with Crippen molar-refractivity contribution in [3.05, 3.63) is 44.7 Å². The number of rotatable bonds is 13. The number of piperidine rings is 1. The molecule has 2 bridgehead atoms. The number of ether oxygens (including phenoxy) is 3. The van der Waals surface area contributed by atoms with Gasteiger partial charge in [-0.25, -0.2) is 0 Å². The smallest absolute Gasteiger partial charge is 0.313 e. The van der Waals surface area contributed by atoms with Crippen LogP contribution in [0.2, 0.25) is 0 Å². The van der Waals surface area contributed by atoms with Crippen LogP contribution in [0.25, 0.3) is 0 Å². The standard InChI is InChI=1S/C17H23NO5S.C8H16BrO2.CH3.Y/c1-3-22-17(19)16-14-10-9-12(18(14)2)11-15(16)23-24(20,21)13-7-5-4-6-8-13;1-2-3-5-10-7-8-11-6-4-9;;/h4-8,12,14-16H,3,9-11H2,1-2H3;1-8H2;1H3;/q;2*-1;/t12-,14+,15?,16?;;;/m0.../s1. The van der Waals surface area contributed by atoms with Crippen molar-refractivity contribution in [1.29, 1.82) is 0 Å². The number of carbonyl (C=O) groups is 1. The van der Waals surface area contributed by atoms with Gasteiger partial charge in [-0.15, -0.1) is 0 Å². The molecule has 2 heterocycles. The Morgan fingerprint density at radius 1 is 1.11 bits per heavy atom.